The highest BCUT2D eigenvalue weighted by atomic mass is 16.3. The number of amides is 2. The topological polar surface area (TPSA) is 91.2 Å². The third kappa shape index (κ3) is 2.61. The number of nitrogens with one attached hydrogen (secondary N) is 2. The van der Waals surface area contributed by atoms with Crippen molar-refractivity contribution in [3.8, 4) is 0 Å². The van der Waals surface area contributed by atoms with Crippen LogP contribution in [0.5, 0.6) is 0 Å². The number of carbonyl (C=O) groups is 1. The molecule has 1 aliphatic heterocycles. The molecule has 2 aromatic heterocycles. The third-order valence-electron chi connectivity index (χ3n) is 5.42. The fourth-order valence-electron chi connectivity index (χ4n) is 4.11. The first-order valence-corrected chi connectivity index (χ1v) is 9.28. The van der Waals surface area contributed by atoms with Gasteiger partial charge in [0.1, 0.15) is 11.6 Å². The van der Waals surface area contributed by atoms with Crippen LogP contribution in [0.2, 0.25) is 0 Å². The molecule has 0 atom stereocenters. The standard InChI is InChI=1S/C20H20N4O3/c1-11-21-16-10-24(9-14(16)19(25)22-11)20(26)23-15-7-4-6-13-12-5-2-3-8-17(12)27-18(13)15/h4,6-7H,2-3,5,8-10H2,1H3,(H,23,26)(H,21,22,25). The van der Waals surface area contributed by atoms with Crippen molar-refractivity contribution < 1.29 is 9.21 Å². The van der Waals surface area contributed by atoms with Crippen molar-refractivity contribution in [2.75, 3.05) is 5.32 Å². The molecule has 1 aromatic carbocycles. The molecule has 0 fully saturated rings. The summed E-state index contributed by atoms with van der Waals surface area (Å²) in [6.45, 7) is 2.33. The summed E-state index contributed by atoms with van der Waals surface area (Å²) in [4.78, 5) is 33.5. The van der Waals surface area contributed by atoms with Gasteiger partial charge in [0.2, 0.25) is 0 Å². The lowest BCUT2D eigenvalue weighted by molar-refractivity contribution is 0.212. The van der Waals surface area contributed by atoms with Crippen LogP contribution < -0.4 is 10.9 Å². The number of nitrogens with zero attached hydrogens (tertiary/aromatic N) is 2. The Morgan fingerprint density at radius 2 is 2.07 bits per heavy atom. The average molecular weight is 364 g/mol. The number of benzene rings is 1. The monoisotopic (exact) mass is 364 g/mol. The predicted octanol–water partition coefficient (Wildman–Crippen LogP) is 3.25. The molecule has 5 rings (SSSR count). The lowest BCUT2D eigenvalue weighted by Crippen LogP contribution is -2.30. The number of carbonyl (C=O) groups excluding carboxylic acids is 1. The molecule has 2 aliphatic rings. The van der Waals surface area contributed by atoms with Crippen molar-refractivity contribution in [2.45, 2.75) is 45.7 Å². The van der Waals surface area contributed by atoms with Gasteiger partial charge in [-0.15, -0.1) is 0 Å². The van der Waals surface area contributed by atoms with E-state index in [1.807, 2.05) is 12.1 Å². The number of hydrogen-bond acceptors (Lipinski definition) is 4. The van der Waals surface area contributed by atoms with Gasteiger partial charge in [-0.2, -0.15) is 0 Å². The van der Waals surface area contributed by atoms with E-state index in [4.69, 9.17) is 4.42 Å². The van der Waals surface area contributed by atoms with E-state index in [0.29, 0.717) is 29.3 Å². The highest BCUT2D eigenvalue weighted by Gasteiger charge is 2.28. The number of aromatic nitrogens is 2. The summed E-state index contributed by atoms with van der Waals surface area (Å²) >= 11 is 0. The molecule has 2 N–H and O–H groups in total. The van der Waals surface area contributed by atoms with Gasteiger partial charge in [-0.25, -0.2) is 9.78 Å². The SMILES string of the molecule is Cc1nc2c(c(=O)[nH]1)CN(C(=O)Nc1cccc3c4c(oc13)CCCC4)C2. The van der Waals surface area contributed by atoms with Crippen LogP contribution in [0.25, 0.3) is 11.0 Å². The highest BCUT2D eigenvalue weighted by Crippen LogP contribution is 2.35. The third-order valence-corrected chi connectivity index (χ3v) is 5.42. The van der Waals surface area contributed by atoms with Gasteiger partial charge in [0, 0.05) is 17.4 Å². The van der Waals surface area contributed by atoms with Crippen molar-refractivity contribution in [1.29, 1.82) is 0 Å². The van der Waals surface area contributed by atoms with E-state index in [9.17, 15) is 9.59 Å². The molecule has 7 heteroatoms. The van der Waals surface area contributed by atoms with Crippen LogP contribution in [0.15, 0.2) is 27.4 Å². The van der Waals surface area contributed by atoms with Crippen LogP contribution in [0.3, 0.4) is 0 Å². The van der Waals surface area contributed by atoms with Crippen LogP contribution in [0, 0.1) is 6.92 Å². The number of anilines is 1. The molecular weight excluding hydrogens is 344 g/mol. The summed E-state index contributed by atoms with van der Waals surface area (Å²) in [6, 6.07) is 5.59. The zero-order valence-corrected chi connectivity index (χ0v) is 15.1. The van der Waals surface area contributed by atoms with E-state index >= 15 is 0 Å². The number of aromatic amines is 1. The van der Waals surface area contributed by atoms with Crippen LogP contribution >= 0.6 is 0 Å². The van der Waals surface area contributed by atoms with Gasteiger partial charge in [-0.05, 0) is 32.3 Å². The summed E-state index contributed by atoms with van der Waals surface area (Å²) in [7, 11) is 0. The van der Waals surface area contributed by atoms with E-state index < -0.39 is 0 Å². The Kier molecular flexibility index (Phi) is 3.56. The van der Waals surface area contributed by atoms with E-state index in [0.717, 1.165) is 36.0 Å². The fourth-order valence-corrected chi connectivity index (χ4v) is 4.11. The van der Waals surface area contributed by atoms with E-state index in [1.54, 1.807) is 11.8 Å². The molecule has 0 saturated heterocycles. The molecule has 1 aliphatic carbocycles. The minimum atomic E-state index is -0.257. The summed E-state index contributed by atoms with van der Waals surface area (Å²) in [6.07, 6.45) is 4.29. The van der Waals surface area contributed by atoms with E-state index in [2.05, 4.69) is 21.4 Å². The van der Waals surface area contributed by atoms with Crippen LogP contribution in [0.1, 0.15) is 41.2 Å². The van der Waals surface area contributed by atoms with E-state index in [1.165, 1.54) is 12.0 Å². The second kappa shape index (κ2) is 5.97. The van der Waals surface area contributed by atoms with Gasteiger partial charge in [-0.3, -0.25) is 4.79 Å². The number of para-hydroxylation sites is 1. The number of hydrogen-bond donors (Lipinski definition) is 2. The van der Waals surface area contributed by atoms with Gasteiger partial charge in [0.15, 0.2) is 5.58 Å². The molecule has 0 radical (unpaired) electrons. The molecule has 0 bridgehead atoms. The van der Waals surface area contributed by atoms with Crippen molar-refractivity contribution in [3.05, 3.63) is 57.0 Å². The maximum Gasteiger partial charge on any atom is 0.322 e. The minimum Gasteiger partial charge on any atom is -0.459 e. The first-order valence-electron chi connectivity index (χ1n) is 9.28. The number of fused-ring (bicyclic) bond motifs is 4. The van der Waals surface area contributed by atoms with Gasteiger partial charge in [-0.1, -0.05) is 12.1 Å². The number of urea groups is 1. The molecule has 3 aromatic rings. The van der Waals surface area contributed by atoms with Crippen molar-refractivity contribution in [1.82, 2.24) is 14.9 Å². The summed E-state index contributed by atoms with van der Waals surface area (Å²) in [5.41, 5.74) is 3.73. The van der Waals surface area contributed by atoms with Crippen molar-refractivity contribution >= 4 is 22.7 Å². The van der Waals surface area contributed by atoms with Gasteiger partial charge < -0.3 is 19.6 Å². The Balaban J connectivity index is 1.43. The molecule has 7 nitrogen and oxygen atoms in total. The second-order valence-corrected chi connectivity index (χ2v) is 7.26. The highest BCUT2D eigenvalue weighted by molar-refractivity contribution is 6.00. The Bertz CT molecular complexity index is 1130. The zero-order valence-electron chi connectivity index (χ0n) is 15.1. The fraction of sp³-hybridized carbons (Fsp3) is 0.350. The Labute approximate surface area is 155 Å². The number of aryl methyl sites for hydroxylation is 3. The summed E-state index contributed by atoms with van der Waals surface area (Å²) < 4.78 is 6.08. The molecule has 0 unspecified atom stereocenters. The molecule has 138 valence electrons. The first-order chi connectivity index (χ1) is 13.1. The smallest absolute Gasteiger partial charge is 0.322 e. The molecule has 2 amide bonds. The van der Waals surface area contributed by atoms with Gasteiger partial charge >= 0.3 is 6.03 Å². The molecular formula is C20H20N4O3. The van der Waals surface area contributed by atoms with Crippen molar-refractivity contribution in [2.24, 2.45) is 0 Å². The van der Waals surface area contributed by atoms with Gasteiger partial charge in [0.25, 0.3) is 5.56 Å². The summed E-state index contributed by atoms with van der Waals surface area (Å²) in [5.74, 6) is 1.60. The first kappa shape index (κ1) is 16.1. The molecule has 0 spiro atoms. The number of rotatable bonds is 1. The Hall–Kier alpha value is -3.09. The second-order valence-electron chi connectivity index (χ2n) is 7.26. The summed E-state index contributed by atoms with van der Waals surface area (Å²) in [5, 5.41) is 4.04. The van der Waals surface area contributed by atoms with Crippen LogP contribution in [0.4, 0.5) is 10.5 Å². The number of furan rings is 1. The normalized spacial score (nSPS) is 15.7. The molecule has 0 saturated carbocycles. The van der Waals surface area contributed by atoms with Crippen LogP contribution in [-0.2, 0) is 25.9 Å². The molecule has 27 heavy (non-hydrogen) atoms. The Morgan fingerprint density at radius 3 is 2.96 bits per heavy atom. The van der Waals surface area contributed by atoms with Crippen LogP contribution in [-0.4, -0.2) is 20.9 Å². The largest absolute Gasteiger partial charge is 0.459 e. The Morgan fingerprint density at radius 1 is 1.22 bits per heavy atom. The maximum absolute atomic E-state index is 12.8. The zero-order chi connectivity index (χ0) is 18.5. The van der Waals surface area contributed by atoms with Crippen molar-refractivity contribution in [3.63, 3.8) is 0 Å². The predicted molar refractivity (Wildman–Crippen MR) is 101 cm³/mol. The lowest BCUT2D eigenvalue weighted by Gasteiger charge is -2.16. The number of H-pyrrole nitrogens is 1. The van der Waals surface area contributed by atoms with E-state index in [-0.39, 0.29) is 18.1 Å². The lowest BCUT2D eigenvalue weighted by atomic mass is 9.96. The average Bonchev–Trinajstić information content (AvgIpc) is 3.24. The molecule has 3 heterocycles. The maximum atomic E-state index is 12.8. The minimum absolute atomic E-state index is 0.173. The van der Waals surface area contributed by atoms with Gasteiger partial charge in [0.05, 0.1) is 30.0 Å². The quantitative estimate of drug-likeness (QED) is 0.693.